The van der Waals surface area contributed by atoms with E-state index >= 15 is 0 Å². The lowest BCUT2D eigenvalue weighted by molar-refractivity contribution is 0.660. The Bertz CT molecular complexity index is 254. The second-order valence-electron chi connectivity index (χ2n) is 2.20. The van der Waals surface area contributed by atoms with Crippen LogP contribution in [0.2, 0.25) is 0 Å². The molecule has 0 bridgehead atoms. The first-order chi connectivity index (χ1) is 5.67. The lowest BCUT2D eigenvalue weighted by Crippen LogP contribution is -1.83. The highest BCUT2D eigenvalue weighted by atomic mass is 19.1. The largest absolute Gasteiger partial charge is 0.206 e. The van der Waals surface area contributed by atoms with Crippen molar-refractivity contribution in [1.29, 1.82) is 0 Å². The van der Waals surface area contributed by atoms with Crippen LogP contribution >= 0.6 is 0 Å². The maximum absolute atomic E-state index is 13.1. The zero-order chi connectivity index (χ0) is 9.56. The summed E-state index contributed by atoms with van der Waals surface area (Å²) < 4.78 is 13.1. The summed E-state index contributed by atoms with van der Waals surface area (Å²) in [6.07, 6.45) is 5.92. The molecule has 0 aliphatic carbocycles. The van der Waals surface area contributed by atoms with Crippen molar-refractivity contribution < 1.29 is 4.39 Å². The van der Waals surface area contributed by atoms with E-state index in [0.29, 0.717) is 11.1 Å². The van der Waals surface area contributed by atoms with Gasteiger partial charge in [0, 0.05) is 5.57 Å². The highest BCUT2D eigenvalue weighted by molar-refractivity contribution is 5.47. The van der Waals surface area contributed by atoms with E-state index in [4.69, 9.17) is 0 Å². The summed E-state index contributed by atoms with van der Waals surface area (Å²) in [5, 5.41) is 0. The fourth-order valence-corrected chi connectivity index (χ4v) is 0.728. The third-order valence-electron chi connectivity index (χ3n) is 1.37. The van der Waals surface area contributed by atoms with E-state index in [1.165, 1.54) is 18.2 Å². The molecule has 0 aromatic heterocycles. The van der Waals surface area contributed by atoms with Crippen LogP contribution in [0.1, 0.15) is 6.92 Å². The van der Waals surface area contributed by atoms with Crippen molar-refractivity contribution in [2.75, 3.05) is 0 Å². The molecule has 0 atom stereocenters. The van der Waals surface area contributed by atoms with E-state index in [1.54, 1.807) is 13.0 Å². The van der Waals surface area contributed by atoms with Crippen LogP contribution < -0.4 is 0 Å². The molecule has 0 aromatic carbocycles. The van der Waals surface area contributed by atoms with Gasteiger partial charge in [0.2, 0.25) is 0 Å². The zero-order valence-electron chi connectivity index (χ0n) is 7.31. The molecule has 64 valence electrons. The Hall–Kier alpha value is -1.37. The van der Waals surface area contributed by atoms with Gasteiger partial charge in [0.25, 0.3) is 0 Å². The summed E-state index contributed by atoms with van der Waals surface area (Å²) in [5.41, 5.74) is 0.934. The van der Waals surface area contributed by atoms with Gasteiger partial charge in [0.1, 0.15) is 5.83 Å². The molecular weight excluding hydrogens is 151 g/mol. The predicted octanol–water partition coefficient (Wildman–Crippen LogP) is 3.71. The Morgan fingerprint density at radius 1 is 1.25 bits per heavy atom. The first-order valence-corrected chi connectivity index (χ1v) is 3.64. The van der Waals surface area contributed by atoms with Crippen LogP contribution in [0.15, 0.2) is 61.0 Å². The summed E-state index contributed by atoms with van der Waals surface area (Å²) in [5.74, 6) is -0.336. The Morgan fingerprint density at radius 3 is 2.17 bits per heavy atom. The first-order valence-electron chi connectivity index (χ1n) is 3.64. The molecular formula is C11H13F. The van der Waals surface area contributed by atoms with Gasteiger partial charge in [-0.25, -0.2) is 4.39 Å². The first kappa shape index (κ1) is 10.6. The summed E-state index contributed by atoms with van der Waals surface area (Å²) in [6.45, 7) is 12.4. The quantitative estimate of drug-likeness (QED) is 0.555. The Balaban J connectivity index is 4.97. The molecule has 0 nitrogen and oxygen atoms in total. The van der Waals surface area contributed by atoms with E-state index < -0.39 is 0 Å². The minimum Gasteiger partial charge on any atom is -0.206 e. The molecule has 0 aliphatic heterocycles. The summed E-state index contributed by atoms with van der Waals surface area (Å²) in [7, 11) is 0. The summed E-state index contributed by atoms with van der Waals surface area (Å²) >= 11 is 0. The molecule has 0 rings (SSSR count). The Morgan fingerprint density at radius 2 is 1.83 bits per heavy atom. The number of halogens is 1. The molecule has 12 heavy (non-hydrogen) atoms. The third kappa shape index (κ3) is 2.70. The molecule has 0 N–H and O–H groups in total. The fourth-order valence-electron chi connectivity index (χ4n) is 0.728. The highest BCUT2D eigenvalue weighted by Crippen LogP contribution is 2.17. The predicted molar refractivity (Wildman–Crippen MR) is 52.5 cm³/mol. The third-order valence-corrected chi connectivity index (χ3v) is 1.37. The maximum atomic E-state index is 13.1. The summed E-state index contributed by atoms with van der Waals surface area (Å²) in [4.78, 5) is 0. The van der Waals surface area contributed by atoms with Crippen LogP contribution in [0.25, 0.3) is 0 Å². The van der Waals surface area contributed by atoms with Gasteiger partial charge in [-0.05, 0) is 18.6 Å². The molecule has 0 aliphatic rings. The van der Waals surface area contributed by atoms with Gasteiger partial charge in [-0.15, -0.1) is 0 Å². The zero-order valence-corrected chi connectivity index (χ0v) is 7.31. The monoisotopic (exact) mass is 164 g/mol. The smallest absolute Gasteiger partial charge is 0.130 e. The van der Waals surface area contributed by atoms with Crippen LogP contribution in [-0.4, -0.2) is 0 Å². The SMILES string of the molecule is C=CC(=C)/C(C=C)=C(F)\C=C/C. The van der Waals surface area contributed by atoms with E-state index in [2.05, 4.69) is 19.7 Å². The standard InChI is InChI=1S/C11H13F/c1-5-8-11(12)10(7-3)9(4)6-2/h5-8H,2-4H2,1H3/b8-5-,11-10+. The lowest BCUT2D eigenvalue weighted by Gasteiger charge is -2.00. The molecule has 0 saturated carbocycles. The van der Waals surface area contributed by atoms with Crippen molar-refractivity contribution in [2.24, 2.45) is 0 Å². The van der Waals surface area contributed by atoms with Gasteiger partial charge in [0.05, 0.1) is 0 Å². The van der Waals surface area contributed by atoms with Gasteiger partial charge in [-0.1, -0.05) is 38.0 Å². The number of rotatable bonds is 4. The molecule has 0 fully saturated rings. The second kappa shape index (κ2) is 5.30. The van der Waals surface area contributed by atoms with Crippen molar-refractivity contribution in [1.82, 2.24) is 0 Å². The van der Waals surface area contributed by atoms with E-state index in [1.807, 2.05) is 0 Å². The topological polar surface area (TPSA) is 0 Å². The van der Waals surface area contributed by atoms with Gasteiger partial charge in [0.15, 0.2) is 0 Å². The van der Waals surface area contributed by atoms with Crippen molar-refractivity contribution in [3.05, 3.63) is 61.0 Å². The van der Waals surface area contributed by atoms with Gasteiger partial charge in [-0.3, -0.25) is 0 Å². The van der Waals surface area contributed by atoms with Gasteiger partial charge < -0.3 is 0 Å². The molecule has 0 spiro atoms. The van der Waals surface area contributed by atoms with Gasteiger partial charge >= 0.3 is 0 Å². The molecule has 0 aromatic rings. The minimum atomic E-state index is -0.336. The van der Waals surface area contributed by atoms with Crippen LogP contribution in [0.5, 0.6) is 0 Å². The van der Waals surface area contributed by atoms with Crippen molar-refractivity contribution in [3.63, 3.8) is 0 Å². The molecule has 0 unspecified atom stereocenters. The molecule has 1 heteroatoms. The Kier molecular flexibility index (Phi) is 4.70. The van der Waals surface area contributed by atoms with E-state index in [9.17, 15) is 4.39 Å². The average Bonchev–Trinajstić information content (AvgIpc) is 2.06. The number of hydrogen-bond donors (Lipinski definition) is 0. The van der Waals surface area contributed by atoms with E-state index in [-0.39, 0.29) is 5.83 Å². The highest BCUT2D eigenvalue weighted by Gasteiger charge is 2.00. The molecule has 0 heterocycles. The van der Waals surface area contributed by atoms with Crippen LogP contribution in [-0.2, 0) is 0 Å². The molecule has 0 saturated heterocycles. The van der Waals surface area contributed by atoms with Crippen LogP contribution in [0.4, 0.5) is 4.39 Å². The van der Waals surface area contributed by atoms with Crippen LogP contribution in [0, 0.1) is 0 Å². The lowest BCUT2D eigenvalue weighted by atomic mass is 10.1. The normalized spacial score (nSPS) is 12.5. The minimum absolute atomic E-state index is 0.336. The average molecular weight is 164 g/mol. The van der Waals surface area contributed by atoms with Crippen molar-refractivity contribution >= 4 is 0 Å². The maximum Gasteiger partial charge on any atom is 0.130 e. The van der Waals surface area contributed by atoms with Crippen molar-refractivity contribution in [3.8, 4) is 0 Å². The summed E-state index contributed by atoms with van der Waals surface area (Å²) in [6, 6.07) is 0. The molecule has 0 radical (unpaired) electrons. The Labute approximate surface area is 73.1 Å². The number of allylic oxidation sites excluding steroid dienone is 7. The van der Waals surface area contributed by atoms with Gasteiger partial charge in [-0.2, -0.15) is 0 Å². The van der Waals surface area contributed by atoms with Crippen molar-refractivity contribution in [2.45, 2.75) is 6.92 Å². The number of hydrogen-bond acceptors (Lipinski definition) is 0. The van der Waals surface area contributed by atoms with Crippen LogP contribution in [0.3, 0.4) is 0 Å². The fraction of sp³-hybridized carbons (Fsp3) is 0.0909. The second-order valence-corrected chi connectivity index (χ2v) is 2.20. The van der Waals surface area contributed by atoms with E-state index in [0.717, 1.165) is 0 Å². The molecule has 0 amide bonds.